The summed E-state index contributed by atoms with van der Waals surface area (Å²) in [5, 5.41) is 0. The van der Waals surface area contributed by atoms with Crippen molar-refractivity contribution in [3.05, 3.63) is 59.2 Å². The van der Waals surface area contributed by atoms with Crippen LogP contribution in [0, 0.1) is 6.92 Å². The molecule has 0 bridgehead atoms. The number of rotatable bonds is 8. The molecule has 2 N–H and O–H groups in total. The van der Waals surface area contributed by atoms with Gasteiger partial charge in [-0.25, -0.2) is 0 Å². The molecule has 0 saturated carbocycles. The van der Waals surface area contributed by atoms with E-state index in [0.717, 1.165) is 23.5 Å². The van der Waals surface area contributed by atoms with Crippen molar-refractivity contribution in [3.8, 4) is 11.5 Å². The van der Waals surface area contributed by atoms with Crippen LogP contribution < -0.4 is 15.2 Å². The first-order valence-corrected chi connectivity index (χ1v) is 8.33. The highest BCUT2D eigenvalue weighted by atomic mass is 16.5. The van der Waals surface area contributed by atoms with Gasteiger partial charge in [0.2, 0.25) is 0 Å². The Morgan fingerprint density at radius 1 is 1.00 bits per heavy atom. The van der Waals surface area contributed by atoms with E-state index in [9.17, 15) is 0 Å². The summed E-state index contributed by atoms with van der Waals surface area (Å²) in [6, 6.07) is 14.6. The van der Waals surface area contributed by atoms with Gasteiger partial charge in [0.25, 0.3) is 0 Å². The maximum absolute atomic E-state index is 6.07. The topological polar surface area (TPSA) is 44.5 Å². The van der Waals surface area contributed by atoms with Gasteiger partial charge < -0.3 is 15.2 Å². The first kappa shape index (κ1) is 17.4. The van der Waals surface area contributed by atoms with Gasteiger partial charge in [0.05, 0.1) is 13.2 Å². The standard InChI is InChI=1S/C20H27NO2/c1-4-22-18-9-10-19(20(13-18)23-5-2)17(14-21)12-16-8-6-7-15(3)11-16/h6-11,13,17H,4-5,12,14,21H2,1-3H3. The minimum atomic E-state index is 0.231. The Labute approximate surface area is 139 Å². The summed E-state index contributed by atoms with van der Waals surface area (Å²) in [6.45, 7) is 7.95. The summed E-state index contributed by atoms with van der Waals surface area (Å²) in [5.74, 6) is 1.95. The van der Waals surface area contributed by atoms with Crippen LogP contribution in [0.5, 0.6) is 11.5 Å². The van der Waals surface area contributed by atoms with E-state index >= 15 is 0 Å². The fourth-order valence-corrected chi connectivity index (χ4v) is 2.83. The normalized spacial score (nSPS) is 12.0. The number of hydrogen-bond donors (Lipinski definition) is 1. The maximum Gasteiger partial charge on any atom is 0.126 e. The predicted molar refractivity (Wildman–Crippen MR) is 95.5 cm³/mol. The van der Waals surface area contributed by atoms with Crippen LogP contribution in [0.1, 0.15) is 36.5 Å². The van der Waals surface area contributed by atoms with Gasteiger partial charge in [-0.1, -0.05) is 35.9 Å². The Morgan fingerprint density at radius 2 is 1.78 bits per heavy atom. The van der Waals surface area contributed by atoms with Crippen LogP contribution in [0.15, 0.2) is 42.5 Å². The van der Waals surface area contributed by atoms with Crippen molar-refractivity contribution in [2.45, 2.75) is 33.1 Å². The zero-order valence-electron chi connectivity index (χ0n) is 14.3. The fourth-order valence-electron chi connectivity index (χ4n) is 2.83. The van der Waals surface area contributed by atoms with Gasteiger partial charge in [-0.2, -0.15) is 0 Å². The molecular weight excluding hydrogens is 286 g/mol. The van der Waals surface area contributed by atoms with Crippen molar-refractivity contribution in [2.24, 2.45) is 5.73 Å². The molecule has 0 heterocycles. The van der Waals surface area contributed by atoms with Crippen LogP contribution in [-0.4, -0.2) is 19.8 Å². The lowest BCUT2D eigenvalue weighted by atomic mass is 9.90. The summed E-state index contributed by atoms with van der Waals surface area (Å²) < 4.78 is 11.4. The van der Waals surface area contributed by atoms with Crippen LogP contribution in [0.3, 0.4) is 0 Å². The maximum atomic E-state index is 6.07. The lowest BCUT2D eigenvalue weighted by molar-refractivity contribution is 0.319. The summed E-state index contributed by atoms with van der Waals surface area (Å²) in [7, 11) is 0. The highest BCUT2D eigenvalue weighted by Gasteiger charge is 2.17. The van der Waals surface area contributed by atoms with Gasteiger partial charge in [-0.3, -0.25) is 0 Å². The second-order valence-electron chi connectivity index (χ2n) is 5.69. The first-order valence-electron chi connectivity index (χ1n) is 8.33. The van der Waals surface area contributed by atoms with Crippen molar-refractivity contribution in [1.29, 1.82) is 0 Å². The van der Waals surface area contributed by atoms with Crippen molar-refractivity contribution in [3.63, 3.8) is 0 Å². The molecule has 2 aromatic carbocycles. The zero-order valence-corrected chi connectivity index (χ0v) is 14.3. The Bertz CT molecular complexity index is 625. The fraction of sp³-hybridized carbons (Fsp3) is 0.400. The lowest BCUT2D eigenvalue weighted by Gasteiger charge is -2.20. The molecule has 0 amide bonds. The third-order valence-corrected chi connectivity index (χ3v) is 3.88. The number of aryl methyl sites for hydroxylation is 1. The van der Waals surface area contributed by atoms with Crippen molar-refractivity contribution in [2.75, 3.05) is 19.8 Å². The molecular formula is C20H27NO2. The van der Waals surface area contributed by atoms with E-state index in [1.54, 1.807) is 0 Å². The molecule has 0 aliphatic rings. The molecule has 0 aromatic heterocycles. The first-order chi connectivity index (χ1) is 11.2. The van der Waals surface area contributed by atoms with E-state index in [4.69, 9.17) is 15.2 Å². The molecule has 23 heavy (non-hydrogen) atoms. The predicted octanol–water partition coefficient (Wildman–Crippen LogP) is 4.08. The third kappa shape index (κ3) is 4.73. The molecule has 3 heteroatoms. The minimum Gasteiger partial charge on any atom is -0.494 e. The van der Waals surface area contributed by atoms with E-state index in [0.29, 0.717) is 19.8 Å². The number of ether oxygens (including phenoxy) is 2. The van der Waals surface area contributed by atoms with Gasteiger partial charge >= 0.3 is 0 Å². The van der Waals surface area contributed by atoms with E-state index in [2.05, 4.69) is 37.3 Å². The molecule has 2 rings (SSSR count). The van der Waals surface area contributed by atoms with E-state index in [1.165, 1.54) is 11.1 Å². The van der Waals surface area contributed by atoms with Crippen LogP contribution in [0.4, 0.5) is 0 Å². The molecule has 1 unspecified atom stereocenters. The minimum absolute atomic E-state index is 0.231. The molecule has 2 aromatic rings. The molecule has 0 aliphatic heterocycles. The highest BCUT2D eigenvalue weighted by Crippen LogP contribution is 2.32. The molecule has 124 valence electrons. The summed E-state index contributed by atoms with van der Waals surface area (Å²) in [4.78, 5) is 0. The van der Waals surface area contributed by atoms with E-state index in [-0.39, 0.29) is 5.92 Å². The molecule has 0 fully saturated rings. The molecule has 0 saturated heterocycles. The smallest absolute Gasteiger partial charge is 0.126 e. The SMILES string of the molecule is CCOc1ccc(C(CN)Cc2cccc(C)c2)c(OCC)c1. The van der Waals surface area contributed by atoms with Crippen LogP contribution in [0.25, 0.3) is 0 Å². The Hall–Kier alpha value is -2.00. The largest absolute Gasteiger partial charge is 0.494 e. The number of benzene rings is 2. The second-order valence-corrected chi connectivity index (χ2v) is 5.69. The summed E-state index contributed by atoms with van der Waals surface area (Å²) in [6.07, 6.45) is 0.909. The van der Waals surface area contributed by atoms with E-state index < -0.39 is 0 Å². The van der Waals surface area contributed by atoms with Gasteiger partial charge in [-0.05, 0) is 50.9 Å². The Kier molecular flexibility index (Phi) is 6.48. The van der Waals surface area contributed by atoms with Crippen LogP contribution in [0.2, 0.25) is 0 Å². The Balaban J connectivity index is 2.28. The second kappa shape index (κ2) is 8.59. The van der Waals surface area contributed by atoms with Crippen molar-refractivity contribution in [1.82, 2.24) is 0 Å². The van der Waals surface area contributed by atoms with Gasteiger partial charge in [0.15, 0.2) is 0 Å². The molecule has 0 radical (unpaired) electrons. The molecule has 0 aliphatic carbocycles. The number of nitrogens with two attached hydrogens (primary N) is 1. The van der Waals surface area contributed by atoms with Crippen molar-refractivity contribution < 1.29 is 9.47 Å². The summed E-state index contributed by atoms with van der Waals surface area (Å²) >= 11 is 0. The molecule has 3 nitrogen and oxygen atoms in total. The van der Waals surface area contributed by atoms with Gasteiger partial charge in [0.1, 0.15) is 11.5 Å². The van der Waals surface area contributed by atoms with Crippen molar-refractivity contribution >= 4 is 0 Å². The lowest BCUT2D eigenvalue weighted by Crippen LogP contribution is -2.16. The average Bonchev–Trinajstić information content (AvgIpc) is 2.54. The molecule has 0 spiro atoms. The highest BCUT2D eigenvalue weighted by molar-refractivity contribution is 5.43. The summed E-state index contributed by atoms with van der Waals surface area (Å²) in [5.41, 5.74) is 9.79. The number of hydrogen-bond acceptors (Lipinski definition) is 3. The Morgan fingerprint density at radius 3 is 2.43 bits per heavy atom. The molecule has 1 atom stereocenters. The third-order valence-electron chi connectivity index (χ3n) is 3.88. The van der Waals surface area contributed by atoms with Crippen LogP contribution >= 0.6 is 0 Å². The van der Waals surface area contributed by atoms with Crippen LogP contribution in [-0.2, 0) is 6.42 Å². The quantitative estimate of drug-likeness (QED) is 0.798. The van der Waals surface area contributed by atoms with Gasteiger partial charge in [0, 0.05) is 12.0 Å². The zero-order chi connectivity index (χ0) is 16.7. The monoisotopic (exact) mass is 313 g/mol. The van der Waals surface area contributed by atoms with Gasteiger partial charge in [-0.15, -0.1) is 0 Å². The van der Waals surface area contributed by atoms with E-state index in [1.807, 2.05) is 26.0 Å². The average molecular weight is 313 g/mol.